The summed E-state index contributed by atoms with van der Waals surface area (Å²) in [4.78, 5) is 14.5. The van der Waals surface area contributed by atoms with Gasteiger partial charge in [-0.2, -0.15) is 0 Å². The van der Waals surface area contributed by atoms with Gasteiger partial charge in [-0.05, 0) is 31.2 Å². The van der Waals surface area contributed by atoms with Crippen molar-refractivity contribution in [3.05, 3.63) is 34.9 Å². The third-order valence-electron chi connectivity index (χ3n) is 5.32. The Bertz CT molecular complexity index is 760. The Kier molecular flexibility index (Phi) is 3.19. The quantitative estimate of drug-likeness (QED) is 0.496. The minimum atomic E-state index is -1.44. The zero-order valence-corrected chi connectivity index (χ0v) is 13.4. The van der Waals surface area contributed by atoms with E-state index in [2.05, 4.69) is 0 Å². The van der Waals surface area contributed by atoms with Gasteiger partial charge in [-0.1, -0.05) is 6.08 Å². The molecule has 2 aliphatic heterocycles. The van der Waals surface area contributed by atoms with Gasteiger partial charge in [0, 0.05) is 12.1 Å². The number of aliphatic hydroxyl groups excluding tert-OH is 2. The maximum Gasteiger partial charge on any atom is 0.339 e. The Labute approximate surface area is 138 Å². The fourth-order valence-electron chi connectivity index (χ4n) is 4.27. The van der Waals surface area contributed by atoms with Gasteiger partial charge in [-0.25, -0.2) is 4.79 Å². The number of nitrogens with zero attached hydrogens (tertiary/aromatic N) is 1. The number of esters is 1. The number of likely N-dealkylation sites (tertiary alicyclic amines) is 1. The molecule has 1 fully saturated rings. The molecule has 24 heavy (non-hydrogen) atoms. The summed E-state index contributed by atoms with van der Waals surface area (Å²) in [7, 11) is 3.27. The van der Waals surface area contributed by atoms with Gasteiger partial charge < -0.3 is 24.8 Å². The number of carbonyl (C=O) groups is 1. The summed E-state index contributed by atoms with van der Waals surface area (Å²) >= 11 is 0. The van der Waals surface area contributed by atoms with Crippen LogP contribution < -0.4 is 4.74 Å². The number of fused-ring (bicyclic) bond motifs is 4. The number of benzene rings is 1. The largest absolute Gasteiger partial charge is 0.504 e. The van der Waals surface area contributed by atoms with Crippen LogP contribution in [0.15, 0.2) is 23.8 Å². The molecule has 3 aliphatic rings. The molecule has 0 aromatic heterocycles. The second-order valence-electron chi connectivity index (χ2n) is 6.56. The van der Waals surface area contributed by atoms with Gasteiger partial charge in [-0.15, -0.1) is 0 Å². The second kappa shape index (κ2) is 4.95. The van der Waals surface area contributed by atoms with E-state index in [9.17, 15) is 20.1 Å². The van der Waals surface area contributed by atoms with Gasteiger partial charge >= 0.3 is 5.97 Å². The van der Waals surface area contributed by atoms with E-state index < -0.39 is 23.8 Å². The van der Waals surface area contributed by atoms with Crippen molar-refractivity contribution in [2.45, 2.75) is 30.3 Å². The highest BCUT2D eigenvalue weighted by Gasteiger charge is 2.63. The Morgan fingerprint density at radius 2 is 2.12 bits per heavy atom. The first-order valence-electron chi connectivity index (χ1n) is 7.82. The highest BCUT2D eigenvalue weighted by molar-refractivity contribution is 5.96. The predicted molar refractivity (Wildman–Crippen MR) is 82.9 cm³/mol. The number of phenols is 1. The average Bonchev–Trinajstić information content (AvgIpc) is 3.04. The molecule has 7 heteroatoms. The van der Waals surface area contributed by atoms with Crippen LogP contribution >= 0.6 is 0 Å². The molecule has 1 saturated heterocycles. The Balaban J connectivity index is 1.97. The van der Waals surface area contributed by atoms with Gasteiger partial charge in [-0.3, -0.25) is 4.90 Å². The van der Waals surface area contributed by atoms with Crippen LogP contribution in [0, 0.1) is 0 Å². The normalized spacial score (nSPS) is 34.8. The van der Waals surface area contributed by atoms with E-state index in [1.165, 1.54) is 19.2 Å². The lowest BCUT2D eigenvalue weighted by atomic mass is 9.72. The maximum absolute atomic E-state index is 12.5. The van der Waals surface area contributed by atoms with E-state index in [-0.39, 0.29) is 23.1 Å². The number of rotatable bonds is 1. The van der Waals surface area contributed by atoms with Gasteiger partial charge in [0.2, 0.25) is 0 Å². The third-order valence-corrected chi connectivity index (χ3v) is 5.32. The standard InChI is InChI=1S/C17H19NO6/c1-18-4-3-8-5-12(20)15(21)17(14(8)18)10-7-11(19)13(23-2)6-9(10)16(22)24-17/h5-7,12,14-15,19-21H,3-4H2,1-2H3. The van der Waals surface area contributed by atoms with Crippen molar-refractivity contribution in [2.75, 3.05) is 20.7 Å². The van der Waals surface area contributed by atoms with Crippen molar-refractivity contribution in [3.8, 4) is 11.5 Å². The fourth-order valence-corrected chi connectivity index (χ4v) is 4.27. The van der Waals surface area contributed by atoms with Crippen molar-refractivity contribution < 1.29 is 29.6 Å². The lowest BCUT2D eigenvalue weighted by Gasteiger charge is -2.45. The molecule has 4 rings (SSSR count). The van der Waals surface area contributed by atoms with Crippen LogP contribution in [0.2, 0.25) is 0 Å². The first kappa shape index (κ1) is 15.4. The minimum absolute atomic E-state index is 0.146. The number of carbonyl (C=O) groups excluding carboxylic acids is 1. The molecule has 1 aliphatic carbocycles. The molecule has 1 aromatic carbocycles. The SMILES string of the molecule is COc1cc2c(cc1O)C1(OC2=O)C(O)C(O)C=C2CCN(C)C21. The van der Waals surface area contributed by atoms with Gasteiger partial charge in [0.25, 0.3) is 0 Å². The number of methoxy groups -OCH3 is 1. The molecule has 0 radical (unpaired) electrons. The van der Waals surface area contributed by atoms with Gasteiger partial charge in [0.05, 0.1) is 18.7 Å². The van der Waals surface area contributed by atoms with E-state index in [0.717, 1.165) is 18.5 Å². The summed E-state index contributed by atoms with van der Waals surface area (Å²) in [5, 5.41) is 31.2. The van der Waals surface area contributed by atoms with E-state index >= 15 is 0 Å². The van der Waals surface area contributed by atoms with Crippen LogP contribution in [0.5, 0.6) is 11.5 Å². The molecule has 0 bridgehead atoms. The molecule has 1 spiro atoms. The molecular formula is C17H19NO6. The smallest absolute Gasteiger partial charge is 0.339 e. The number of aromatic hydroxyl groups is 1. The summed E-state index contributed by atoms with van der Waals surface area (Å²) < 4.78 is 10.7. The molecule has 3 N–H and O–H groups in total. The first-order chi connectivity index (χ1) is 11.4. The molecule has 7 nitrogen and oxygen atoms in total. The number of aliphatic hydroxyl groups is 2. The topological polar surface area (TPSA) is 99.5 Å². The van der Waals surface area contributed by atoms with Crippen molar-refractivity contribution in [2.24, 2.45) is 0 Å². The summed E-state index contributed by atoms with van der Waals surface area (Å²) in [5.41, 5.74) is 0.0932. The number of hydrogen-bond donors (Lipinski definition) is 3. The lowest BCUT2D eigenvalue weighted by molar-refractivity contribution is -0.148. The van der Waals surface area contributed by atoms with E-state index in [4.69, 9.17) is 9.47 Å². The van der Waals surface area contributed by atoms with Gasteiger partial charge in [0.1, 0.15) is 12.2 Å². The summed E-state index contributed by atoms with van der Waals surface area (Å²) in [6.45, 7) is 0.729. The fraction of sp³-hybridized carbons (Fsp3) is 0.471. The zero-order valence-electron chi connectivity index (χ0n) is 13.4. The Morgan fingerprint density at radius 1 is 1.38 bits per heavy atom. The zero-order chi connectivity index (χ0) is 17.2. The highest BCUT2D eigenvalue weighted by Crippen LogP contribution is 2.52. The van der Waals surface area contributed by atoms with E-state index in [1.807, 2.05) is 11.9 Å². The monoisotopic (exact) mass is 333 g/mol. The van der Waals surface area contributed by atoms with Gasteiger partial charge in [0.15, 0.2) is 17.1 Å². The van der Waals surface area contributed by atoms with E-state index in [0.29, 0.717) is 5.56 Å². The van der Waals surface area contributed by atoms with Crippen LogP contribution in [-0.4, -0.2) is 65.1 Å². The summed E-state index contributed by atoms with van der Waals surface area (Å²) in [6.07, 6.45) is -0.114. The summed E-state index contributed by atoms with van der Waals surface area (Å²) in [6, 6.07) is 2.42. The molecule has 4 unspecified atom stereocenters. The summed E-state index contributed by atoms with van der Waals surface area (Å²) in [5.74, 6) is -0.590. The number of hydrogen-bond acceptors (Lipinski definition) is 7. The predicted octanol–water partition coefficient (Wildman–Crippen LogP) is 0.132. The molecule has 0 saturated carbocycles. The maximum atomic E-state index is 12.5. The van der Waals surface area contributed by atoms with Crippen LogP contribution in [0.4, 0.5) is 0 Å². The molecule has 0 amide bonds. The van der Waals surface area contributed by atoms with E-state index in [1.54, 1.807) is 6.08 Å². The van der Waals surface area contributed by atoms with Crippen LogP contribution in [0.1, 0.15) is 22.3 Å². The van der Waals surface area contributed by atoms with Crippen LogP contribution in [0.3, 0.4) is 0 Å². The highest BCUT2D eigenvalue weighted by atomic mass is 16.6. The first-order valence-corrected chi connectivity index (χ1v) is 7.82. The average molecular weight is 333 g/mol. The van der Waals surface area contributed by atoms with Crippen LogP contribution in [-0.2, 0) is 10.3 Å². The lowest BCUT2D eigenvalue weighted by Crippen LogP contribution is -2.60. The Morgan fingerprint density at radius 3 is 2.83 bits per heavy atom. The molecule has 1 aromatic rings. The van der Waals surface area contributed by atoms with Crippen molar-refractivity contribution in [1.82, 2.24) is 4.90 Å². The second-order valence-corrected chi connectivity index (χ2v) is 6.56. The van der Waals surface area contributed by atoms with Crippen molar-refractivity contribution in [3.63, 3.8) is 0 Å². The molecule has 128 valence electrons. The number of phenolic OH excluding ortho intramolecular Hbond substituents is 1. The number of ether oxygens (including phenoxy) is 2. The molecule has 2 heterocycles. The Hall–Kier alpha value is -2.09. The molecular weight excluding hydrogens is 314 g/mol. The van der Waals surface area contributed by atoms with Crippen molar-refractivity contribution in [1.29, 1.82) is 0 Å². The van der Waals surface area contributed by atoms with Crippen molar-refractivity contribution >= 4 is 5.97 Å². The van der Waals surface area contributed by atoms with Crippen LogP contribution in [0.25, 0.3) is 0 Å². The molecule has 4 atom stereocenters. The third kappa shape index (κ3) is 1.74. The minimum Gasteiger partial charge on any atom is -0.504 e. The number of likely N-dealkylation sites (N-methyl/N-ethyl adjacent to an activating group) is 1.